The molecule has 0 aliphatic carbocycles. The molecule has 0 aromatic heterocycles. The van der Waals surface area contributed by atoms with Crippen molar-refractivity contribution >= 4 is 0 Å². The van der Waals surface area contributed by atoms with E-state index in [9.17, 15) is 5.11 Å². The molecule has 0 aliphatic heterocycles. The van der Waals surface area contributed by atoms with E-state index in [1.54, 1.807) is 12.1 Å². The van der Waals surface area contributed by atoms with Crippen molar-refractivity contribution in [2.45, 2.75) is 72.1 Å². The standard InChI is InChI=1S/C29H36O/c1-6-7-8-12-19-29(4,5)28-21(2)20-26(23-13-10-9-11-14-23)27(22(28)3)24-15-17-25(30)18-16-24/h9-11,13-18,20,30H,6-8,12,19H2,1-5H3. The zero-order valence-corrected chi connectivity index (χ0v) is 19.3. The van der Waals surface area contributed by atoms with Gasteiger partial charge in [0.05, 0.1) is 0 Å². The van der Waals surface area contributed by atoms with E-state index in [1.165, 1.54) is 65.5 Å². The highest BCUT2D eigenvalue weighted by molar-refractivity contribution is 5.87. The lowest BCUT2D eigenvalue weighted by molar-refractivity contribution is 0.442. The van der Waals surface area contributed by atoms with Gasteiger partial charge in [0.1, 0.15) is 5.75 Å². The van der Waals surface area contributed by atoms with E-state index in [0.29, 0.717) is 5.75 Å². The Labute approximate surface area is 182 Å². The lowest BCUT2D eigenvalue weighted by Crippen LogP contribution is -2.21. The first kappa shape index (κ1) is 22.2. The van der Waals surface area contributed by atoms with Crippen molar-refractivity contribution in [3.05, 3.63) is 77.4 Å². The topological polar surface area (TPSA) is 20.2 Å². The van der Waals surface area contributed by atoms with Gasteiger partial charge in [-0.2, -0.15) is 0 Å². The molecule has 158 valence electrons. The number of hydrogen-bond donors (Lipinski definition) is 1. The molecule has 0 bridgehead atoms. The van der Waals surface area contributed by atoms with Crippen molar-refractivity contribution < 1.29 is 5.11 Å². The van der Waals surface area contributed by atoms with Crippen molar-refractivity contribution in [2.24, 2.45) is 0 Å². The van der Waals surface area contributed by atoms with E-state index in [-0.39, 0.29) is 5.41 Å². The minimum Gasteiger partial charge on any atom is -0.508 e. The van der Waals surface area contributed by atoms with Crippen LogP contribution in [0.15, 0.2) is 60.7 Å². The Balaban J connectivity index is 2.16. The summed E-state index contributed by atoms with van der Waals surface area (Å²) in [5, 5.41) is 9.83. The van der Waals surface area contributed by atoms with Gasteiger partial charge in [-0.05, 0) is 76.8 Å². The number of hydrogen-bond acceptors (Lipinski definition) is 1. The molecular weight excluding hydrogens is 364 g/mol. The first-order chi connectivity index (χ1) is 14.3. The highest BCUT2D eigenvalue weighted by Crippen LogP contribution is 2.43. The molecule has 3 rings (SSSR count). The highest BCUT2D eigenvalue weighted by Gasteiger charge is 2.27. The second kappa shape index (κ2) is 9.51. The average Bonchev–Trinajstić information content (AvgIpc) is 2.72. The van der Waals surface area contributed by atoms with Crippen LogP contribution in [0.3, 0.4) is 0 Å². The first-order valence-electron chi connectivity index (χ1n) is 11.3. The number of benzene rings is 3. The van der Waals surface area contributed by atoms with Gasteiger partial charge in [-0.25, -0.2) is 0 Å². The van der Waals surface area contributed by atoms with E-state index < -0.39 is 0 Å². The number of phenolic OH excluding ortho intramolecular Hbond substituents is 1. The van der Waals surface area contributed by atoms with Crippen molar-refractivity contribution in [1.82, 2.24) is 0 Å². The Hall–Kier alpha value is -2.54. The fourth-order valence-corrected chi connectivity index (χ4v) is 4.99. The second-order valence-corrected chi connectivity index (χ2v) is 9.22. The number of aryl methyl sites for hydroxylation is 1. The van der Waals surface area contributed by atoms with Gasteiger partial charge in [0, 0.05) is 0 Å². The van der Waals surface area contributed by atoms with E-state index in [2.05, 4.69) is 71.0 Å². The van der Waals surface area contributed by atoms with E-state index in [0.717, 1.165) is 5.56 Å². The van der Waals surface area contributed by atoms with Crippen LogP contribution in [0.25, 0.3) is 22.3 Å². The Kier molecular flexibility index (Phi) is 7.02. The van der Waals surface area contributed by atoms with Crippen LogP contribution in [-0.4, -0.2) is 5.11 Å². The summed E-state index contributed by atoms with van der Waals surface area (Å²) < 4.78 is 0. The minimum absolute atomic E-state index is 0.128. The number of aromatic hydroxyl groups is 1. The van der Waals surface area contributed by atoms with Crippen LogP contribution >= 0.6 is 0 Å². The maximum Gasteiger partial charge on any atom is 0.115 e. The molecule has 0 atom stereocenters. The van der Waals surface area contributed by atoms with Crippen LogP contribution in [0.1, 0.15) is 69.6 Å². The summed E-state index contributed by atoms with van der Waals surface area (Å²) in [7, 11) is 0. The van der Waals surface area contributed by atoms with Gasteiger partial charge in [0.25, 0.3) is 0 Å². The zero-order chi connectivity index (χ0) is 21.7. The molecule has 0 saturated carbocycles. The third-order valence-corrected chi connectivity index (χ3v) is 6.35. The highest BCUT2D eigenvalue weighted by atomic mass is 16.3. The lowest BCUT2D eigenvalue weighted by Gasteiger charge is -2.32. The Bertz CT molecular complexity index is 965. The van der Waals surface area contributed by atoms with Crippen LogP contribution in [0.5, 0.6) is 5.75 Å². The Morgan fingerprint density at radius 2 is 1.47 bits per heavy atom. The minimum atomic E-state index is 0.128. The molecule has 0 fully saturated rings. The first-order valence-corrected chi connectivity index (χ1v) is 11.3. The van der Waals surface area contributed by atoms with Crippen molar-refractivity contribution in [3.8, 4) is 28.0 Å². The SMILES string of the molecule is CCCCCCC(C)(C)c1c(C)cc(-c2ccccc2)c(-c2ccc(O)cc2)c1C. The molecule has 0 unspecified atom stereocenters. The molecule has 3 aromatic rings. The summed E-state index contributed by atoms with van der Waals surface area (Å²) in [5.41, 5.74) is 9.27. The maximum atomic E-state index is 9.83. The van der Waals surface area contributed by atoms with Gasteiger partial charge in [0.2, 0.25) is 0 Å². The molecule has 0 aliphatic rings. The van der Waals surface area contributed by atoms with Crippen LogP contribution in [0, 0.1) is 13.8 Å². The smallest absolute Gasteiger partial charge is 0.115 e. The number of phenols is 1. The summed E-state index contributed by atoms with van der Waals surface area (Å²) in [4.78, 5) is 0. The van der Waals surface area contributed by atoms with Gasteiger partial charge < -0.3 is 5.11 Å². The summed E-state index contributed by atoms with van der Waals surface area (Å²) in [5.74, 6) is 0.307. The monoisotopic (exact) mass is 400 g/mol. The van der Waals surface area contributed by atoms with Gasteiger partial charge >= 0.3 is 0 Å². The average molecular weight is 401 g/mol. The predicted molar refractivity (Wildman–Crippen MR) is 130 cm³/mol. The van der Waals surface area contributed by atoms with Gasteiger partial charge in [-0.1, -0.05) is 95.0 Å². The number of unbranched alkanes of at least 4 members (excludes halogenated alkanes) is 3. The molecule has 0 heterocycles. The largest absolute Gasteiger partial charge is 0.508 e. The Morgan fingerprint density at radius 1 is 0.800 bits per heavy atom. The second-order valence-electron chi connectivity index (χ2n) is 9.22. The lowest BCUT2D eigenvalue weighted by atomic mass is 9.73. The van der Waals surface area contributed by atoms with Gasteiger partial charge in [-0.3, -0.25) is 0 Å². The molecule has 30 heavy (non-hydrogen) atoms. The summed E-state index contributed by atoms with van der Waals surface area (Å²) in [6.45, 7) is 11.6. The molecule has 3 aromatic carbocycles. The molecule has 0 amide bonds. The molecule has 0 saturated heterocycles. The molecule has 0 radical (unpaired) electrons. The van der Waals surface area contributed by atoms with Crippen LogP contribution < -0.4 is 0 Å². The summed E-state index contributed by atoms with van der Waals surface area (Å²) in [6, 6.07) is 20.7. The van der Waals surface area contributed by atoms with Gasteiger partial charge in [-0.15, -0.1) is 0 Å². The maximum absolute atomic E-state index is 9.83. The molecular formula is C29H36O. The normalized spacial score (nSPS) is 11.6. The summed E-state index contributed by atoms with van der Waals surface area (Å²) >= 11 is 0. The van der Waals surface area contributed by atoms with Crippen molar-refractivity contribution in [2.75, 3.05) is 0 Å². The fraction of sp³-hybridized carbons (Fsp3) is 0.379. The molecule has 1 N–H and O–H groups in total. The van der Waals surface area contributed by atoms with Crippen LogP contribution in [-0.2, 0) is 5.41 Å². The zero-order valence-electron chi connectivity index (χ0n) is 19.3. The van der Waals surface area contributed by atoms with Crippen LogP contribution in [0.4, 0.5) is 0 Å². The summed E-state index contributed by atoms with van der Waals surface area (Å²) in [6.07, 6.45) is 6.38. The molecule has 1 nitrogen and oxygen atoms in total. The molecule has 1 heteroatoms. The quantitative estimate of drug-likeness (QED) is 0.375. The predicted octanol–water partition coefficient (Wildman–Crippen LogP) is 8.59. The van der Waals surface area contributed by atoms with E-state index >= 15 is 0 Å². The third-order valence-electron chi connectivity index (χ3n) is 6.35. The fourth-order valence-electron chi connectivity index (χ4n) is 4.99. The van der Waals surface area contributed by atoms with E-state index in [4.69, 9.17) is 0 Å². The van der Waals surface area contributed by atoms with Crippen molar-refractivity contribution in [3.63, 3.8) is 0 Å². The van der Waals surface area contributed by atoms with Crippen molar-refractivity contribution in [1.29, 1.82) is 0 Å². The Morgan fingerprint density at radius 3 is 2.10 bits per heavy atom. The third kappa shape index (κ3) is 4.78. The van der Waals surface area contributed by atoms with Crippen LogP contribution in [0.2, 0.25) is 0 Å². The van der Waals surface area contributed by atoms with E-state index in [1.807, 2.05) is 12.1 Å². The molecule has 0 spiro atoms. The number of rotatable bonds is 8. The van der Waals surface area contributed by atoms with Gasteiger partial charge in [0.15, 0.2) is 0 Å².